The van der Waals surface area contributed by atoms with Crippen LogP contribution in [0.5, 0.6) is 0 Å². The molecule has 0 atom stereocenters. The minimum Gasteiger partial charge on any atom is -0.478 e. The maximum absolute atomic E-state index is 12.8. The monoisotopic (exact) mass is 382 g/mol. The number of carbonyl (C=O) groups is 1. The zero-order valence-corrected chi connectivity index (χ0v) is 12.5. The molecule has 0 spiro atoms. The molecule has 9 heteroatoms. The van der Waals surface area contributed by atoms with E-state index in [9.17, 15) is 18.0 Å². The number of nitrogens with zero attached hydrogens (tertiary/aromatic N) is 2. The van der Waals surface area contributed by atoms with Crippen LogP contribution in [0.4, 0.5) is 13.2 Å². The molecule has 0 aliphatic rings. The number of benzene rings is 1. The molecule has 1 heterocycles. The first-order valence-corrected chi connectivity index (χ1v) is 6.68. The molecule has 0 amide bonds. The molecular weight excluding hydrogens is 376 g/mol. The van der Waals surface area contributed by atoms with Crippen LogP contribution in [0.1, 0.15) is 21.6 Å². The van der Waals surface area contributed by atoms with Gasteiger partial charge >= 0.3 is 12.1 Å². The summed E-state index contributed by atoms with van der Waals surface area (Å²) in [4.78, 5) is 11.0. The van der Waals surface area contributed by atoms with E-state index in [2.05, 4.69) is 21.0 Å². The lowest BCUT2D eigenvalue weighted by Gasteiger charge is -2.04. The third kappa shape index (κ3) is 3.38. The largest absolute Gasteiger partial charge is 0.478 e. The van der Waals surface area contributed by atoms with Gasteiger partial charge in [-0.3, -0.25) is 0 Å². The molecule has 0 radical (unpaired) electrons. The lowest BCUT2D eigenvalue weighted by molar-refractivity contribution is -0.142. The van der Waals surface area contributed by atoms with E-state index in [0.29, 0.717) is 5.56 Å². The van der Waals surface area contributed by atoms with Gasteiger partial charge in [-0.25, -0.2) is 9.48 Å². The Morgan fingerprint density at radius 2 is 1.90 bits per heavy atom. The summed E-state index contributed by atoms with van der Waals surface area (Å²) >= 11 is 8.95. The summed E-state index contributed by atoms with van der Waals surface area (Å²) in [5.74, 6) is -1.77. The van der Waals surface area contributed by atoms with Gasteiger partial charge in [0.05, 0.1) is 6.54 Å². The fraction of sp³-hybridized carbons (Fsp3) is 0.167. The van der Waals surface area contributed by atoms with E-state index in [4.69, 9.17) is 16.7 Å². The molecule has 1 aromatic carbocycles. The Morgan fingerprint density at radius 1 is 1.33 bits per heavy atom. The van der Waals surface area contributed by atoms with Crippen molar-refractivity contribution in [3.05, 3.63) is 50.7 Å². The number of alkyl halides is 3. The normalized spacial score (nSPS) is 11.7. The Balaban J connectivity index is 2.45. The molecule has 1 N–H and O–H groups in total. The average Bonchev–Trinajstić information content (AvgIpc) is 2.70. The van der Waals surface area contributed by atoms with Crippen LogP contribution in [-0.4, -0.2) is 20.9 Å². The van der Waals surface area contributed by atoms with Crippen LogP contribution in [0.2, 0.25) is 5.15 Å². The van der Waals surface area contributed by atoms with Gasteiger partial charge in [-0.15, -0.1) is 0 Å². The first kappa shape index (κ1) is 15.8. The highest BCUT2D eigenvalue weighted by molar-refractivity contribution is 9.10. The standard InChI is InChI=1S/C12H7BrClF3N2O2/c13-7-3-1-6(2-4-7)5-19-10(14)8(11(20)21)9(18-19)12(15,16)17/h1-4H,5H2,(H,20,21). The van der Waals surface area contributed by atoms with E-state index < -0.39 is 28.6 Å². The summed E-state index contributed by atoms with van der Waals surface area (Å²) < 4.78 is 40.0. The third-order valence-corrected chi connectivity index (χ3v) is 3.53. The summed E-state index contributed by atoms with van der Waals surface area (Å²) in [5, 5.41) is 11.6. The number of aromatic carboxylic acids is 1. The minimum atomic E-state index is -4.89. The van der Waals surface area contributed by atoms with Crippen LogP contribution in [0, 0.1) is 0 Å². The molecule has 2 rings (SSSR count). The second kappa shape index (κ2) is 5.69. The van der Waals surface area contributed by atoms with Crippen molar-refractivity contribution in [3.63, 3.8) is 0 Å². The number of carboxylic acids is 1. The Bertz CT molecular complexity index is 683. The van der Waals surface area contributed by atoms with Crippen molar-refractivity contribution in [2.75, 3.05) is 0 Å². The first-order valence-electron chi connectivity index (χ1n) is 5.51. The summed E-state index contributed by atoms with van der Waals surface area (Å²) in [6.45, 7) is -0.0670. The van der Waals surface area contributed by atoms with Crippen molar-refractivity contribution in [1.82, 2.24) is 9.78 Å². The topological polar surface area (TPSA) is 55.1 Å². The molecule has 0 aliphatic carbocycles. The summed E-state index contributed by atoms with van der Waals surface area (Å²) in [6.07, 6.45) is -4.89. The number of hydrogen-bond donors (Lipinski definition) is 1. The Labute approximate surface area is 130 Å². The number of aromatic nitrogens is 2. The van der Waals surface area contributed by atoms with Gasteiger partial charge in [-0.1, -0.05) is 39.7 Å². The quantitative estimate of drug-likeness (QED) is 0.869. The number of halogens is 5. The molecule has 2 aromatic rings. The van der Waals surface area contributed by atoms with Crippen LogP contribution < -0.4 is 0 Å². The van der Waals surface area contributed by atoms with Gasteiger partial charge in [0, 0.05) is 4.47 Å². The lowest BCUT2D eigenvalue weighted by atomic mass is 10.2. The number of hydrogen-bond acceptors (Lipinski definition) is 2. The van der Waals surface area contributed by atoms with Gasteiger partial charge in [-0.05, 0) is 17.7 Å². The summed E-state index contributed by atoms with van der Waals surface area (Å²) in [5.41, 5.74) is -1.91. The highest BCUT2D eigenvalue weighted by Crippen LogP contribution is 2.34. The van der Waals surface area contributed by atoms with Gasteiger partial charge < -0.3 is 5.11 Å². The molecule has 0 saturated heterocycles. The smallest absolute Gasteiger partial charge is 0.436 e. The summed E-state index contributed by atoms with van der Waals surface area (Å²) in [6, 6.07) is 6.73. The van der Waals surface area contributed by atoms with Crippen LogP contribution >= 0.6 is 27.5 Å². The van der Waals surface area contributed by atoms with Crippen molar-refractivity contribution < 1.29 is 23.1 Å². The zero-order valence-electron chi connectivity index (χ0n) is 10.2. The molecule has 0 unspecified atom stereocenters. The van der Waals surface area contributed by atoms with Gasteiger partial charge in [0.15, 0.2) is 5.69 Å². The van der Waals surface area contributed by atoms with Crippen LogP contribution in [0.25, 0.3) is 0 Å². The number of rotatable bonds is 3. The maximum Gasteiger partial charge on any atom is 0.436 e. The van der Waals surface area contributed by atoms with Gasteiger partial charge in [0.2, 0.25) is 0 Å². The molecule has 0 fully saturated rings. The van der Waals surface area contributed by atoms with E-state index in [-0.39, 0.29) is 6.54 Å². The molecule has 0 aliphatic heterocycles. The van der Waals surface area contributed by atoms with Crippen molar-refractivity contribution in [3.8, 4) is 0 Å². The molecule has 1 aromatic heterocycles. The van der Waals surface area contributed by atoms with Crippen LogP contribution in [-0.2, 0) is 12.7 Å². The van der Waals surface area contributed by atoms with Crippen molar-refractivity contribution >= 4 is 33.5 Å². The van der Waals surface area contributed by atoms with E-state index in [1.54, 1.807) is 24.3 Å². The SMILES string of the molecule is O=C(O)c1c(C(F)(F)F)nn(Cc2ccc(Br)cc2)c1Cl. The predicted molar refractivity (Wildman–Crippen MR) is 72.4 cm³/mol. The Morgan fingerprint density at radius 3 is 2.33 bits per heavy atom. The fourth-order valence-corrected chi connectivity index (χ4v) is 2.23. The zero-order chi connectivity index (χ0) is 15.8. The fourth-order valence-electron chi connectivity index (χ4n) is 1.70. The average molecular weight is 384 g/mol. The van der Waals surface area contributed by atoms with E-state index in [0.717, 1.165) is 9.15 Å². The molecule has 0 saturated carbocycles. The highest BCUT2D eigenvalue weighted by Gasteiger charge is 2.41. The van der Waals surface area contributed by atoms with Crippen LogP contribution in [0.15, 0.2) is 28.7 Å². The molecular formula is C12H7BrClF3N2O2. The van der Waals surface area contributed by atoms with E-state index in [1.807, 2.05) is 0 Å². The Kier molecular flexibility index (Phi) is 4.29. The van der Waals surface area contributed by atoms with Crippen molar-refractivity contribution in [2.45, 2.75) is 12.7 Å². The second-order valence-corrected chi connectivity index (χ2v) is 5.38. The lowest BCUT2D eigenvalue weighted by Crippen LogP contribution is -2.12. The molecule has 21 heavy (non-hydrogen) atoms. The number of carboxylic acid groups (broad SMARTS) is 1. The van der Waals surface area contributed by atoms with Gasteiger partial charge in [0.1, 0.15) is 10.7 Å². The predicted octanol–water partition coefficient (Wildman–Crippen LogP) is 4.06. The van der Waals surface area contributed by atoms with Gasteiger partial charge in [0.25, 0.3) is 0 Å². The summed E-state index contributed by atoms with van der Waals surface area (Å²) in [7, 11) is 0. The van der Waals surface area contributed by atoms with E-state index in [1.165, 1.54) is 0 Å². The maximum atomic E-state index is 12.8. The van der Waals surface area contributed by atoms with Gasteiger partial charge in [-0.2, -0.15) is 18.3 Å². The Hall–Kier alpha value is -1.54. The first-order chi connectivity index (χ1) is 9.70. The highest BCUT2D eigenvalue weighted by atomic mass is 79.9. The van der Waals surface area contributed by atoms with Crippen molar-refractivity contribution in [2.24, 2.45) is 0 Å². The third-order valence-electron chi connectivity index (χ3n) is 2.62. The van der Waals surface area contributed by atoms with Crippen molar-refractivity contribution in [1.29, 1.82) is 0 Å². The second-order valence-electron chi connectivity index (χ2n) is 4.10. The van der Waals surface area contributed by atoms with E-state index >= 15 is 0 Å². The molecule has 112 valence electrons. The molecule has 0 bridgehead atoms. The van der Waals surface area contributed by atoms with Crippen LogP contribution in [0.3, 0.4) is 0 Å². The molecule has 4 nitrogen and oxygen atoms in total. The minimum absolute atomic E-state index is 0.0670.